The van der Waals surface area contributed by atoms with Crippen LogP contribution in [-0.4, -0.2) is 37.4 Å². The topological polar surface area (TPSA) is 62.1 Å². The smallest absolute Gasteiger partial charge is 0.317 e. The van der Waals surface area contributed by atoms with E-state index in [4.69, 9.17) is 14.2 Å². The highest BCUT2D eigenvalue weighted by Gasteiger charge is 2.15. The summed E-state index contributed by atoms with van der Waals surface area (Å²) >= 11 is 1.24. The number of rotatable bonds is 4. The predicted octanol–water partition coefficient (Wildman–Crippen LogP) is 1.80. The summed E-state index contributed by atoms with van der Waals surface area (Å²) in [6.45, 7) is 1.68. The summed E-state index contributed by atoms with van der Waals surface area (Å²) in [4.78, 5) is 16.7. The summed E-state index contributed by atoms with van der Waals surface area (Å²) < 4.78 is 31.3. The van der Waals surface area contributed by atoms with Crippen LogP contribution in [0, 0.1) is 5.82 Å². The number of benzene rings is 1. The van der Waals surface area contributed by atoms with Gasteiger partial charge in [-0.05, 0) is 18.2 Å². The standard InChI is InChI=1S/C15H15FN2O4S/c1-20-5-4-18-11-3-2-10(16)8-13(11)23-15(18)17-14(19)12-9-21-6-7-22-12/h2-3,8-9H,4-7H2,1H3. The minimum atomic E-state index is -0.525. The molecule has 1 aromatic carbocycles. The minimum Gasteiger partial charge on any atom is -0.494 e. The lowest BCUT2D eigenvalue weighted by atomic mass is 10.3. The molecule has 0 fully saturated rings. The Morgan fingerprint density at radius 2 is 2.35 bits per heavy atom. The molecule has 2 heterocycles. The van der Waals surface area contributed by atoms with Crippen LogP contribution in [0.4, 0.5) is 4.39 Å². The van der Waals surface area contributed by atoms with E-state index in [1.807, 2.05) is 4.57 Å². The number of fused-ring (bicyclic) bond motifs is 1. The van der Waals surface area contributed by atoms with E-state index < -0.39 is 5.91 Å². The fourth-order valence-electron chi connectivity index (χ4n) is 2.15. The maximum Gasteiger partial charge on any atom is 0.317 e. The lowest BCUT2D eigenvalue weighted by Crippen LogP contribution is -2.21. The minimum absolute atomic E-state index is 0.0678. The van der Waals surface area contributed by atoms with Crippen LogP contribution < -0.4 is 4.80 Å². The fourth-order valence-corrected chi connectivity index (χ4v) is 3.23. The molecular weight excluding hydrogens is 323 g/mol. The lowest BCUT2D eigenvalue weighted by Gasteiger charge is -2.12. The molecule has 1 aliphatic rings. The molecule has 0 saturated heterocycles. The van der Waals surface area contributed by atoms with E-state index in [1.54, 1.807) is 13.2 Å². The Kier molecular flexibility index (Phi) is 4.73. The molecule has 0 bridgehead atoms. The first kappa shape index (κ1) is 15.7. The van der Waals surface area contributed by atoms with Crippen molar-refractivity contribution in [1.82, 2.24) is 4.57 Å². The van der Waals surface area contributed by atoms with Gasteiger partial charge in [0.05, 0.1) is 16.8 Å². The van der Waals surface area contributed by atoms with Gasteiger partial charge < -0.3 is 18.8 Å². The van der Waals surface area contributed by atoms with Crippen molar-refractivity contribution in [2.75, 3.05) is 26.9 Å². The average molecular weight is 338 g/mol. The number of thiazole rings is 1. The van der Waals surface area contributed by atoms with E-state index in [2.05, 4.69) is 4.99 Å². The maximum atomic E-state index is 13.4. The van der Waals surface area contributed by atoms with Crippen molar-refractivity contribution in [3.8, 4) is 0 Å². The van der Waals surface area contributed by atoms with E-state index in [1.165, 1.54) is 29.7 Å². The first-order chi connectivity index (χ1) is 11.2. The Hall–Kier alpha value is -2.19. The largest absolute Gasteiger partial charge is 0.494 e. The quantitative estimate of drug-likeness (QED) is 0.853. The normalized spacial score (nSPS) is 15.2. The maximum absolute atomic E-state index is 13.4. The van der Waals surface area contributed by atoms with Crippen molar-refractivity contribution < 1.29 is 23.4 Å². The number of aromatic nitrogens is 1. The van der Waals surface area contributed by atoms with Crippen molar-refractivity contribution in [2.45, 2.75) is 6.54 Å². The number of ether oxygens (including phenoxy) is 3. The molecule has 0 aliphatic carbocycles. The number of amides is 1. The van der Waals surface area contributed by atoms with Crippen LogP contribution in [-0.2, 0) is 25.5 Å². The number of hydrogen-bond donors (Lipinski definition) is 0. The molecule has 1 aliphatic heterocycles. The van der Waals surface area contributed by atoms with Gasteiger partial charge in [0, 0.05) is 13.7 Å². The van der Waals surface area contributed by atoms with E-state index in [-0.39, 0.29) is 11.6 Å². The monoisotopic (exact) mass is 338 g/mol. The second-order valence-electron chi connectivity index (χ2n) is 4.76. The van der Waals surface area contributed by atoms with Crippen LogP contribution in [0.25, 0.3) is 10.2 Å². The van der Waals surface area contributed by atoms with E-state index in [0.717, 1.165) is 5.52 Å². The van der Waals surface area contributed by atoms with Crippen LogP contribution in [0.5, 0.6) is 0 Å². The molecule has 23 heavy (non-hydrogen) atoms. The summed E-state index contributed by atoms with van der Waals surface area (Å²) in [5.74, 6) is -0.789. The highest BCUT2D eigenvalue weighted by atomic mass is 32.1. The van der Waals surface area contributed by atoms with Crippen LogP contribution in [0.3, 0.4) is 0 Å². The second-order valence-corrected chi connectivity index (χ2v) is 5.77. The molecule has 1 aromatic heterocycles. The van der Waals surface area contributed by atoms with Gasteiger partial charge >= 0.3 is 5.91 Å². The Morgan fingerprint density at radius 1 is 1.48 bits per heavy atom. The Morgan fingerprint density at radius 3 is 3.09 bits per heavy atom. The molecule has 0 N–H and O–H groups in total. The molecule has 0 radical (unpaired) electrons. The average Bonchev–Trinajstić information content (AvgIpc) is 2.89. The lowest BCUT2D eigenvalue weighted by molar-refractivity contribution is -0.119. The van der Waals surface area contributed by atoms with Gasteiger partial charge in [-0.1, -0.05) is 11.3 Å². The first-order valence-electron chi connectivity index (χ1n) is 7.00. The fraction of sp³-hybridized carbons (Fsp3) is 0.333. The third-order valence-corrected chi connectivity index (χ3v) is 4.26. The third kappa shape index (κ3) is 3.43. The second kappa shape index (κ2) is 6.93. The summed E-state index contributed by atoms with van der Waals surface area (Å²) in [5.41, 5.74) is 0.801. The summed E-state index contributed by atoms with van der Waals surface area (Å²) in [7, 11) is 1.59. The van der Waals surface area contributed by atoms with Gasteiger partial charge in [0.1, 0.15) is 25.3 Å². The van der Waals surface area contributed by atoms with Crippen molar-refractivity contribution in [3.05, 3.63) is 40.8 Å². The summed E-state index contributed by atoms with van der Waals surface area (Å²) in [5, 5.41) is 0. The van der Waals surface area contributed by atoms with Gasteiger partial charge in [0.15, 0.2) is 4.80 Å². The van der Waals surface area contributed by atoms with Crippen LogP contribution >= 0.6 is 11.3 Å². The zero-order chi connectivity index (χ0) is 16.2. The number of halogens is 1. The van der Waals surface area contributed by atoms with E-state index in [0.29, 0.717) is 35.9 Å². The van der Waals surface area contributed by atoms with Crippen molar-refractivity contribution in [2.24, 2.45) is 4.99 Å². The predicted molar refractivity (Wildman–Crippen MR) is 82.2 cm³/mol. The van der Waals surface area contributed by atoms with Gasteiger partial charge in [-0.2, -0.15) is 4.99 Å². The number of methoxy groups -OCH3 is 1. The van der Waals surface area contributed by atoms with Gasteiger partial charge in [-0.25, -0.2) is 4.39 Å². The first-order valence-corrected chi connectivity index (χ1v) is 7.82. The summed E-state index contributed by atoms with van der Waals surface area (Å²) in [6.07, 6.45) is 1.27. The third-order valence-electron chi connectivity index (χ3n) is 3.22. The molecule has 0 spiro atoms. The Bertz CT molecular complexity index is 824. The van der Waals surface area contributed by atoms with Crippen molar-refractivity contribution >= 4 is 27.5 Å². The highest BCUT2D eigenvalue weighted by Crippen LogP contribution is 2.19. The molecule has 0 saturated carbocycles. The number of nitrogens with zero attached hydrogens (tertiary/aromatic N) is 2. The zero-order valence-electron chi connectivity index (χ0n) is 12.5. The van der Waals surface area contributed by atoms with Gasteiger partial charge in [-0.3, -0.25) is 4.79 Å². The van der Waals surface area contributed by atoms with E-state index in [9.17, 15) is 9.18 Å². The van der Waals surface area contributed by atoms with Gasteiger partial charge in [0.2, 0.25) is 5.76 Å². The Balaban J connectivity index is 2.05. The molecule has 1 amide bonds. The highest BCUT2D eigenvalue weighted by molar-refractivity contribution is 7.16. The number of hydrogen-bond acceptors (Lipinski definition) is 5. The molecule has 122 valence electrons. The zero-order valence-corrected chi connectivity index (χ0v) is 13.3. The molecule has 3 rings (SSSR count). The van der Waals surface area contributed by atoms with E-state index >= 15 is 0 Å². The number of carbonyl (C=O) groups is 1. The van der Waals surface area contributed by atoms with Gasteiger partial charge in [0.25, 0.3) is 0 Å². The van der Waals surface area contributed by atoms with Crippen LogP contribution in [0.1, 0.15) is 0 Å². The Labute approximate surface area is 135 Å². The molecule has 0 atom stereocenters. The molecule has 8 heteroatoms. The molecular formula is C15H15FN2O4S. The molecule has 2 aromatic rings. The van der Waals surface area contributed by atoms with Crippen molar-refractivity contribution in [1.29, 1.82) is 0 Å². The van der Waals surface area contributed by atoms with Gasteiger partial charge in [-0.15, -0.1) is 0 Å². The number of carbonyl (C=O) groups excluding carboxylic acids is 1. The van der Waals surface area contributed by atoms with Crippen LogP contribution in [0.15, 0.2) is 35.2 Å². The summed E-state index contributed by atoms with van der Waals surface area (Å²) in [6, 6.07) is 4.47. The van der Waals surface area contributed by atoms with Crippen LogP contribution in [0.2, 0.25) is 0 Å². The molecule has 6 nitrogen and oxygen atoms in total. The molecule has 0 unspecified atom stereocenters. The SMILES string of the molecule is COCCn1c(=NC(=O)C2=COCCO2)sc2cc(F)ccc21. The van der Waals surface area contributed by atoms with Crippen molar-refractivity contribution in [3.63, 3.8) is 0 Å².